The SMILES string of the molecule is CC(C)CNC(=O)[C@@H]1Cc2cc([N+](=O)[O-])ccc2N2CCN(Cc3ccc(F)cc3)C[C@H]12. The molecule has 1 amide bonds. The van der Waals surface area contributed by atoms with Crippen LogP contribution in [0.15, 0.2) is 42.5 Å². The molecule has 0 bridgehead atoms. The molecule has 2 aliphatic heterocycles. The third-order valence-corrected chi connectivity index (χ3v) is 6.33. The second kappa shape index (κ2) is 9.24. The zero-order valence-corrected chi connectivity index (χ0v) is 18.5. The maximum atomic E-state index is 13.3. The van der Waals surface area contributed by atoms with Crippen LogP contribution in [0.3, 0.4) is 0 Å². The third-order valence-electron chi connectivity index (χ3n) is 6.33. The summed E-state index contributed by atoms with van der Waals surface area (Å²) in [7, 11) is 0. The van der Waals surface area contributed by atoms with Gasteiger partial charge < -0.3 is 10.2 Å². The maximum Gasteiger partial charge on any atom is 0.269 e. The van der Waals surface area contributed by atoms with Gasteiger partial charge in [0.05, 0.1) is 16.9 Å². The number of carbonyl (C=O) groups is 1. The van der Waals surface area contributed by atoms with Crippen LogP contribution in [0.2, 0.25) is 0 Å². The number of halogens is 1. The summed E-state index contributed by atoms with van der Waals surface area (Å²) in [4.78, 5) is 28.6. The number of nitrogens with zero attached hydrogens (tertiary/aromatic N) is 3. The molecule has 1 fully saturated rings. The Morgan fingerprint density at radius 2 is 1.97 bits per heavy atom. The Bertz CT molecular complexity index is 995. The molecule has 8 heteroatoms. The van der Waals surface area contributed by atoms with Gasteiger partial charge >= 0.3 is 0 Å². The molecule has 2 atom stereocenters. The number of amides is 1. The van der Waals surface area contributed by atoms with Crippen LogP contribution in [0, 0.1) is 27.8 Å². The van der Waals surface area contributed by atoms with Gasteiger partial charge in [-0.15, -0.1) is 0 Å². The molecule has 7 nitrogen and oxygen atoms in total. The number of nitro groups is 1. The van der Waals surface area contributed by atoms with Crippen LogP contribution >= 0.6 is 0 Å². The molecule has 0 aliphatic carbocycles. The molecule has 2 aromatic rings. The van der Waals surface area contributed by atoms with Gasteiger partial charge in [0, 0.05) is 50.5 Å². The standard InChI is InChI=1S/C24H29FN4O3/c1-16(2)13-26-24(30)21-12-18-11-20(29(31)32)7-8-22(18)28-10-9-27(15-23(21)28)14-17-3-5-19(25)6-4-17/h3-8,11,16,21,23H,9-10,12-15H2,1-2H3,(H,26,30)/t21-,23-/m1/s1. The Morgan fingerprint density at radius 3 is 2.66 bits per heavy atom. The number of hydrogen-bond acceptors (Lipinski definition) is 5. The van der Waals surface area contributed by atoms with E-state index in [0.717, 1.165) is 29.9 Å². The van der Waals surface area contributed by atoms with Crippen molar-refractivity contribution in [2.45, 2.75) is 32.9 Å². The Balaban J connectivity index is 1.59. The molecule has 32 heavy (non-hydrogen) atoms. The Kier molecular flexibility index (Phi) is 6.41. The van der Waals surface area contributed by atoms with Crippen molar-refractivity contribution in [1.82, 2.24) is 10.2 Å². The second-order valence-electron chi connectivity index (χ2n) is 9.14. The lowest BCUT2D eigenvalue weighted by Gasteiger charge is -2.49. The Morgan fingerprint density at radius 1 is 1.22 bits per heavy atom. The van der Waals surface area contributed by atoms with Gasteiger partial charge in [0.25, 0.3) is 5.69 Å². The maximum absolute atomic E-state index is 13.3. The summed E-state index contributed by atoms with van der Waals surface area (Å²) in [5.74, 6) is -0.208. The number of rotatable bonds is 6. The van der Waals surface area contributed by atoms with E-state index in [1.165, 1.54) is 12.1 Å². The van der Waals surface area contributed by atoms with E-state index in [1.807, 2.05) is 6.07 Å². The highest BCUT2D eigenvalue weighted by Gasteiger charge is 2.41. The topological polar surface area (TPSA) is 78.7 Å². The second-order valence-corrected chi connectivity index (χ2v) is 9.14. The van der Waals surface area contributed by atoms with Crippen molar-refractivity contribution >= 4 is 17.3 Å². The molecule has 2 heterocycles. The number of nitrogens with one attached hydrogen (secondary N) is 1. The first-order valence-corrected chi connectivity index (χ1v) is 11.1. The molecule has 170 valence electrons. The van der Waals surface area contributed by atoms with Gasteiger partial charge in [-0.1, -0.05) is 26.0 Å². The largest absolute Gasteiger partial charge is 0.365 e. The molecule has 1 saturated heterocycles. The number of hydrogen-bond donors (Lipinski definition) is 1. The van der Waals surface area contributed by atoms with Crippen molar-refractivity contribution in [2.75, 3.05) is 31.1 Å². The molecule has 0 unspecified atom stereocenters. The van der Waals surface area contributed by atoms with E-state index in [-0.39, 0.29) is 34.3 Å². The summed E-state index contributed by atoms with van der Waals surface area (Å²) >= 11 is 0. The molecule has 1 N–H and O–H groups in total. The van der Waals surface area contributed by atoms with Crippen LogP contribution in [0.4, 0.5) is 15.8 Å². The van der Waals surface area contributed by atoms with E-state index in [2.05, 4.69) is 29.0 Å². The van der Waals surface area contributed by atoms with Gasteiger partial charge in [-0.25, -0.2) is 4.39 Å². The van der Waals surface area contributed by atoms with E-state index < -0.39 is 0 Å². The minimum absolute atomic E-state index is 0.00510. The number of benzene rings is 2. The molecule has 0 radical (unpaired) electrons. The lowest BCUT2D eigenvalue weighted by molar-refractivity contribution is -0.384. The number of anilines is 1. The fraction of sp³-hybridized carbons (Fsp3) is 0.458. The van der Waals surface area contributed by atoms with E-state index >= 15 is 0 Å². The zero-order chi connectivity index (χ0) is 22.8. The Hall–Kier alpha value is -3.00. The monoisotopic (exact) mass is 440 g/mol. The highest BCUT2D eigenvalue weighted by molar-refractivity contribution is 5.82. The molecule has 0 spiro atoms. The minimum atomic E-state index is -0.388. The number of nitro benzene ring substituents is 1. The smallest absolute Gasteiger partial charge is 0.269 e. The average Bonchev–Trinajstić information content (AvgIpc) is 2.77. The minimum Gasteiger partial charge on any atom is -0.365 e. The number of fused-ring (bicyclic) bond motifs is 3. The highest BCUT2D eigenvalue weighted by atomic mass is 19.1. The quantitative estimate of drug-likeness (QED) is 0.550. The predicted molar refractivity (Wildman–Crippen MR) is 121 cm³/mol. The first-order valence-electron chi connectivity index (χ1n) is 11.1. The van der Waals surface area contributed by atoms with Crippen LogP contribution < -0.4 is 10.2 Å². The lowest BCUT2D eigenvalue weighted by atomic mass is 9.83. The molecule has 0 saturated carbocycles. The first-order chi connectivity index (χ1) is 15.3. The van der Waals surface area contributed by atoms with Crippen LogP contribution in [-0.2, 0) is 17.8 Å². The van der Waals surface area contributed by atoms with E-state index in [0.29, 0.717) is 32.0 Å². The summed E-state index contributed by atoms with van der Waals surface area (Å²) in [5.41, 5.74) is 2.92. The van der Waals surface area contributed by atoms with Crippen molar-refractivity contribution in [2.24, 2.45) is 11.8 Å². The van der Waals surface area contributed by atoms with Gasteiger partial charge in [-0.05, 0) is 41.7 Å². The molecule has 0 aromatic heterocycles. The Labute approximate surface area is 187 Å². The van der Waals surface area contributed by atoms with Gasteiger partial charge in [0.1, 0.15) is 5.82 Å². The fourth-order valence-electron chi connectivity index (χ4n) is 4.71. The van der Waals surface area contributed by atoms with Crippen LogP contribution in [-0.4, -0.2) is 48.0 Å². The number of carbonyl (C=O) groups excluding carboxylic acids is 1. The van der Waals surface area contributed by atoms with Gasteiger partial charge in [0.2, 0.25) is 5.91 Å². The fourth-order valence-corrected chi connectivity index (χ4v) is 4.71. The summed E-state index contributed by atoms with van der Waals surface area (Å²) in [6.07, 6.45) is 0.479. The van der Waals surface area contributed by atoms with Crippen molar-refractivity contribution in [3.63, 3.8) is 0 Å². The van der Waals surface area contributed by atoms with Crippen molar-refractivity contribution in [1.29, 1.82) is 0 Å². The molecule has 2 aromatic carbocycles. The molecule has 2 aliphatic rings. The van der Waals surface area contributed by atoms with Crippen molar-refractivity contribution in [3.8, 4) is 0 Å². The zero-order valence-electron chi connectivity index (χ0n) is 18.5. The van der Waals surface area contributed by atoms with E-state index in [4.69, 9.17) is 0 Å². The summed E-state index contributed by atoms with van der Waals surface area (Å²) in [6.45, 7) is 7.62. The van der Waals surface area contributed by atoms with E-state index in [9.17, 15) is 19.3 Å². The van der Waals surface area contributed by atoms with Crippen molar-refractivity contribution in [3.05, 3.63) is 69.5 Å². The predicted octanol–water partition coefficient (Wildman–Crippen LogP) is 3.37. The normalized spacial score (nSPS) is 20.6. The third kappa shape index (κ3) is 4.75. The van der Waals surface area contributed by atoms with Crippen LogP contribution in [0.1, 0.15) is 25.0 Å². The lowest BCUT2D eigenvalue weighted by Crippen LogP contribution is -2.61. The first kappa shape index (κ1) is 22.2. The van der Waals surface area contributed by atoms with Crippen LogP contribution in [0.25, 0.3) is 0 Å². The van der Waals surface area contributed by atoms with Gasteiger partial charge in [-0.2, -0.15) is 0 Å². The van der Waals surface area contributed by atoms with E-state index in [1.54, 1.807) is 24.3 Å². The highest BCUT2D eigenvalue weighted by Crippen LogP contribution is 2.38. The van der Waals surface area contributed by atoms with Gasteiger partial charge in [0.15, 0.2) is 0 Å². The van der Waals surface area contributed by atoms with Crippen LogP contribution in [0.5, 0.6) is 0 Å². The molecular formula is C24H29FN4O3. The molecular weight excluding hydrogens is 411 g/mol. The molecule has 4 rings (SSSR count). The van der Waals surface area contributed by atoms with Crippen molar-refractivity contribution < 1.29 is 14.1 Å². The number of piperazine rings is 1. The average molecular weight is 441 g/mol. The summed E-state index contributed by atoms with van der Waals surface area (Å²) in [5, 5.41) is 14.3. The summed E-state index contributed by atoms with van der Waals surface area (Å²) < 4.78 is 13.3. The number of non-ortho nitro benzene ring substituents is 1. The summed E-state index contributed by atoms with van der Waals surface area (Å²) in [6, 6.07) is 11.5. The van der Waals surface area contributed by atoms with Gasteiger partial charge in [-0.3, -0.25) is 19.8 Å².